The van der Waals surface area contributed by atoms with Crippen LogP contribution in [0.4, 0.5) is 0 Å². The number of carboxylic acids is 1. The minimum atomic E-state index is -1.01. The minimum Gasteiger partial charge on any atom is -0.476 e. The summed E-state index contributed by atoms with van der Waals surface area (Å²) in [5.74, 6) is -1.01. The van der Waals surface area contributed by atoms with Crippen molar-refractivity contribution in [2.24, 2.45) is 0 Å². The van der Waals surface area contributed by atoms with E-state index in [4.69, 9.17) is 5.11 Å². The number of rotatable bonds is 5. The molecule has 100 valence electrons. The molecule has 4 heteroatoms. The summed E-state index contributed by atoms with van der Waals surface area (Å²) < 4.78 is 0. The lowest BCUT2D eigenvalue weighted by molar-refractivity contribution is 0.0691. The van der Waals surface area contributed by atoms with Gasteiger partial charge in [0, 0.05) is 11.3 Å². The summed E-state index contributed by atoms with van der Waals surface area (Å²) in [5.41, 5.74) is 3.71. The van der Waals surface area contributed by atoms with Crippen LogP contribution in [0.2, 0.25) is 0 Å². The SMILES string of the molecule is CCCCc1ccc(-c2c(C(=O)O)n[nH]c2C)cc1. The highest BCUT2D eigenvalue weighted by atomic mass is 16.4. The van der Waals surface area contributed by atoms with Crippen molar-refractivity contribution >= 4 is 5.97 Å². The van der Waals surface area contributed by atoms with Crippen molar-refractivity contribution in [2.45, 2.75) is 33.1 Å². The molecular formula is C15H18N2O2. The molecule has 2 rings (SSSR count). The summed E-state index contributed by atoms with van der Waals surface area (Å²) in [5, 5.41) is 15.7. The van der Waals surface area contributed by atoms with Gasteiger partial charge in [-0.3, -0.25) is 5.10 Å². The second kappa shape index (κ2) is 5.69. The van der Waals surface area contributed by atoms with E-state index >= 15 is 0 Å². The zero-order valence-electron chi connectivity index (χ0n) is 11.2. The Bertz CT molecular complexity index is 570. The number of carbonyl (C=O) groups is 1. The molecule has 0 bridgehead atoms. The Kier molecular flexibility index (Phi) is 4.00. The van der Waals surface area contributed by atoms with Gasteiger partial charge in [0.05, 0.1) is 0 Å². The van der Waals surface area contributed by atoms with Gasteiger partial charge in [0.1, 0.15) is 0 Å². The number of aromatic nitrogens is 2. The third-order valence-electron chi connectivity index (χ3n) is 3.21. The number of aromatic amines is 1. The summed E-state index contributed by atoms with van der Waals surface area (Å²) in [6.45, 7) is 4.00. The van der Waals surface area contributed by atoms with Crippen molar-refractivity contribution in [3.63, 3.8) is 0 Å². The number of hydrogen-bond acceptors (Lipinski definition) is 2. The van der Waals surface area contributed by atoms with Crippen LogP contribution < -0.4 is 0 Å². The van der Waals surface area contributed by atoms with Crippen LogP contribution in [-0.4, -0.2) is 21.3 Å². The fourth-order valence-corrected chi connectivity index (χ4v) is 2.16. The fraction of sp³-hybridized carbons (Fsp3) is 0.333. The lowest BCUT2D eigenvalue weighted by Crippen LogP contribution is -1.99. The maximum Gasteiger partial charge on any atom is 0.357 e. The fourth-order valence-electron chi connectivity index (χ4n) is 2.16. The lowest BCUT2D eigenvalue weighted by atomic mass is 10.00. The van der Waals surface area contributed by atoms with E-state index in [1.165, 1.54) is 18.4 Å². The topological polar surface area (TPSA) is 66.0 Å². The number of aryl methyl sites for hydroxylation is 2. The average molecular weight is 258 g/mol. The molecule has 0 atom stereocenters. The molecule has 0 amide bonds. The van der Waals surface area contributed by atoms with E-state index in [2.05, 4.69) is 29.3 Å². The summed E-state index contributed by atoms with van der Waals surface area (Å²) in [7, 11) is 0. The number of nitrogens with one attached hydrogen (secondary N) is 1. The monoisotopic (exact) mass is 258 g/mol. The predicted molar refractivity (Wildman–Crippen MR) is 74.3 cm³/mol. The van der Waals surface area contributed by atoms with Gasteiger partial charge in [-0.25, -0.2) is 4.79 Å². The van der Waals surface area contributed by atoms with Crippen LogP contribution in [0.15, 0.2) is 24.3 Å². The Balaban J connectivity index is 2.32. The molecule has 2 aromatic rings. The minimum absolute atomic E-state index is 0.0822. The highest BCUT2D eigenvalue weighted by Gasteiger charge is 2.17. The summed E-state index contributed by atoms with van der Waals surface area (Å²) in [4.78, 5) is 11.1. The normalized spacial score (nSPS) is 10.6. The molecule has 1 heterocycles. The molecule has 0 saturated carbocycles. The Labute approximate surface area is 112 Å². The lowest BCUT2D eigenvalue weighted by Gasteiger charge is -2.04. The van der Waals surface area contributed by atoms with Gasteiger partial charge in [-0.1, -0.05) is 37.6 Å². The molecular weight excluding hydrogens is 240 g/mol. The van der Waals surface area contributed by atoms with Crippen LogP contribution in [-0.2, 0) is 6.42 Å². The van der Waals surface area contributed by atoms with Gasteiger partial charge in [-0.2, -0.15) is 5.10 Å². The van der Waals surface area contributed by atoms with Gasteiger partial charge >= 0.3 is 5.97 Å². The molecule has 1 aromatic carbocycles. The van der Waals surface area contributed by atoms with Crippen LogP contribution in [0, 0.1) is 6.92 Å². The van der Waals surface area contributed by atoms with Crippen LogP contribution in [0.25, 0.3) is 11.1 Å². The van der Waals surface area contributed by atoms with E-state index < -0.39 is 5.97 Å². The van der Waals surface area contributed by atoms with Gasteiger partial charge in [0.15, 0.2) is 5.69 Å². The Morgan fingerprint density at radius 2 is 2.00 bits per heavy atom. The van der Waals surface area contributed by atoms with E-state index in [-0.39, 0.29) is 5.69 Å². The molecule has 0 aliphatic rings. The zero-order chi connectivity index (χ0) is 13.8. The first-order valence-corrected chi connectivity index (χ1v) is 6.51. The van der Waals surface area contributed by atoms with Crippen molar-refractivity contribution in [3.05, 3.63) is 41.2 Å². The molecule has 4 nitrogen and oxygen atoms in total. The average Bonchev–Trinajstić information content (AvgIpc) is 2.79. The van der Waals surface area contributed by atoms with E-state index in [1.54, 1.807) is 0 Å². The molecule has 0 spiro atoms. The number of H-pyrrole nitrogens is 1. The van der Waals surface area contributed by atoms with E-state index in [0.29, 0.717) is 5.56 Å². The largest absolute Gasteiger partial charge is 0.476 e. The second-order valence-corrected chi connectivity index (χ2v) is 4.68. The van der Waals surface area contributed by atoms with Gasteiger partial charge < -0.3 is 5.11 Å². The van der Waals surface area contributed by atoms with Gasteiger partial charge in [0.25, 0.3) is 0 Å². The number of unbranched alkanes of at least 4 members (excludes halogenated alkanes) is 1. The van der Waals surface area contributed by atoms with Crippen molar-refractivity contribution in [3.8, 4) is 11.1 Å². The van der Waals surface area contributed by atoms with Crippen molar-refractivity contribution in [1.29, 1.82) is 0 Å². The molecule has 0 aliphatic carbocycles. The standard InChI is InChI=1S/C15H18N2O2/c1-3-4-5-11-6-8-12(9-7-11)13-10(2)16-17-14(13)15(18)19/h6-9H,3-5H2,1-2H3,(H,16,17)(H,18,19). The quantitative estimate of drug-likeness (QED) is 0.863. The van der Waals surface area contributed by atoms with Crippen LogP contribution in [0.3, 0.4) is 0 Å². The molecule has 1 aromatic heterocycles. The van der Waals surface area contributed by atoms with Crippen LogP contribution in [0.1, 0.15) is 41.5 Å². The number of hydrogen-bond donors (Lipinski definition) is 2. The first kappa shape index (κ1) is 13.3. The summed E-state index contributed by atoms with van der Waals surface area (Å²) in [6.07, 6.45) is 3.41. The first-order valence-electron chi connectivity index (χ1n) is 6.51. The van der Waals surface area contributed by atoms with Gasteiger partial charge in [-0.15, -0.1) is 0 Å². The number of benzene rings is 1. The zero-order valence-corrected chi connectivity index (χ0v) is 11.2. The maximum absolute atomic E-state index is 11.1. The number of aromatic carboxylic acids is 1. The molecule has 2 N–H and O–H groups in total. The predicted octanol–water partition coefficient (Wildman–Crippen LogP) is 3.43. The van der Waals surface area contributed by atoms with E-state index in [1.807, 2.05) is 19.1 Å². The van der Waals surface area contributed by atoms with Gasteiger partial charge in [0.2, 0.25) is 0 Å². The highest BCUT2D eigenvalue weighted by Crippen LogP contribution is 2.26. The summed E-state index contributed by atoms with van der Waals surface area (Å²) >= 11 is 0. The molecule has 0 radical (unpaired) electrons. The van der Waals surface area contributed by atoms with Gasteiger partial charge in [-0.05, 0) is 30.9 Å². The molecule has 19 heavy (non-hydrogen) atoms. The van der Waals surface area contributed by atoms with Crippen LogP contribution in [0.5, 0.6) is 0 Å². The first-order chi connectivity index (χ1) is 9.13. The highest BCUT2D eigenvalue weighted by molar-refractivity contribution is 5.94. The van der Waals surface area contributed by atoms with Crippen molar-refractivity contribution < 1.29 is 9.90 Å². The van der Waals surface area contributed by atoms with Crippen molar-refractivity contribution in [2.75, 3.05) is 0 Å². The maximum atomic E-state index is 11.1. The summed E-state index contributed by atoms with van der Waals surface area (Å²) in [6, 6.07) is 8.05. The number of carboxylic acid groups (broad SMARTS) is 1. The van der Waals surface area contributed by atoms with E-state index in [0.717, 1.165) is 17.7 Å². The Morgan fingerprint density at radius 3 is 2.58 bits per heavy atom. The molecule has 0 saturated heterocycles. The third kappa shape index (κ3) is 2.84. The Hall–Kier alpha value is -2.10. The smallest absolute Gasteiger partial charge is 0.357 e. The van der Waals surface area contributed by atoms with E-state index in [9.17, 15) is 4.79 Å². The number of nitrogens with zero attached hydrogens (tertiary/aromatic N) is 1. The van der Waals surface area contributed by atoms with Crippen LogP contribution >= 0.6 is 0 Å². The Morgan fingerprint density at radius 1 is 1.32 bits per heavy atom. The molecule has 0 fully saturated rings. The third-order valence-corrected chi connectivity index (χ3v) is 3.21. The second-order valence-electron chi connectivity index (χ2n) is 4.68. The van der Waals surface area contributed by atoms with Crippen molar-refractivity contribution in [1.82, 2.24) is 10.2 Å². The molecule has 0 aliphatic heterocycles. The molecule has 0 unspecified atom stereocenters.